The predicted octanol–water partition coefficient (Wildman–Crippen LogP) is 1.82. The molecule has 0 aliphatic carbocycles. The number of nitrogen functional groups attached to an aromatic ring is 1. The predicted molar refractivity (Wildman–Crippen MR) is 91.1 cm³/mol. The molecular weight excluding hydrogens is 298 g/mol. The summed E-state index contributed by atoms with van der Waals surface area (Å²) in [6.07, 6.45) is 0. The number of piperazine rings is 1. The van der Waals surface area contributed by atoms with Gasteiger partial charge in [-0.05, 0) is 51.0 Å². The van der Waals surface area contributed by atoms with Crippen molar-refractivity contribution in [3.63, 3.8) is 0 Å². The summed E-state index contributed by atoms with van der Waals surface area (Å²) in [5.74, 6) is 0. The highest BCUT2D eigenvalue weighted by Crippen LogP contribution is 2.20. The van der Waals surface area contributed by atoms with E-state index >= 15 is 0 Å². The lowest BCUT2D eigenvalue weighted by Crippen LogP contribution is -2.54. The Morgan fingerprint density at radius 2 is 2.00 bits per heavy atom. The molecule has 6 heteroatoms. The van der Waals surface area contributed by atoms with Crippen LogP contribution in [0.25, 0.3) is 0 Å². The number of hydrogen-bond acceptors (Lipinski definition) is 4. The number of anilines is 1. The van der Waals surface area contributed by atoms with Crippen LogP contribution in [0.3, 0.4) is 0 Å². The van der Waals surface area contributed by atoms with E-state index in [1.54, 1.807) is 18.2 Å². The van der Waals surface area contributed by atoms with Crippen LogP contribution < -0.4 is 5.73 Å². The molecule has 5 nitrogen and oxygen atoms in total. The molecule has 1 aliphatic rings. The van der Waals surface area contributed by atoms with Gasteiger partial charge in [0, 0.05) is 37.9 Å². The van der Waals surface area contributed by atoms with Crippen LogP contribution >= 0.6 is 0 Å². The summed E-state index contributed by atoms with van der Waals surface area (Å²) in [6, 6.07) is 6.18. The van der Waals surface area contributed by atoms with Gasteiger partial charge >= 0.3 is 0 Å². The van der Waals surface area contributed by atoms with Crippen LogP contribution in [-0.2, 0) is 16.6 Å². The Labute approximate surface area is 134 Å². The summed E-state index contributed by atoms with van der Waals surface area (Å²) in [7, 11) is -3.15. The number of aryl methyl sites for hydroxylation is 1. The molecule has 0 aromatic heterocycles. The van der Waals surface area contributed by atoms with E-state index in [0.717, 1.165) is 18.8 Å². The Balaban J connectivity index is 2.05. The standard InChI is InChI=1S/C16H27N3O2S/c1-12(2)22(20,21)19-8-7-18(14(4)10-19)11-15-5-6-16(17)9-13(15)3/h5-6,9,12,14H,7-8,10-11,17H2,1-4H3. The summed E-state index contributed by atoms with van der Waals surface area (Å²) >= 11 is 0. The number of hydrogen-bond donors (Lipinski definition) is 1. The van der Waals surface area contributed by atoms with E-state index in [1.165, 1.54) is 11.1 Å². The largest absolute Gasteiger partial charge is 0.399 e. The zero-order valence-corrected chi connectivity index (χ0v) is 14.7. The summed E-state index contributed by atoms with van der Waals surface area (Å²) in [6.45, 7) is 10.4. The molecule has 0 bridgehead atoms. The first-order valence-corrected chi connectivity index (χ1v) is 9.30. The van der Waals surface area contributed by atoms with E-state index in [2.05, 4.69) is 24.8 Å². The Kier molecular flexibility index (Phi) is 5.14. The zero-order valence-electron chi connectivity index (χ0n) is 13.9. The van der Waals surface area contributed by atoms with Gasteiger partial charge in [0.2, 0.25) is 10.0 Å². The third kappa shape index (κ3) is 3.62. The number of nitrogens with zero attached hydrogens (tertiary/aromatic N) is 2. The molecule has 0 amide bonds. The van der Waals surface area contributed by atoms with Gasteiger partial charge in [-0.25, -0.2) is 8.42 Å². The highest BCUT2D eigenvalue weighted by Gasteiger charge is 2.32. The van der Waals surface area contributed by atoms with Gasteiger partial charge in [-0.1, -0.05) is 6.07 Å². The van der Waals surface area contributed by atoms with E-state index in [1.807, 2.05) is 12.1 Å². The SMILES string of the molecule is Cc1cc(N)ccc1CN1CCN(S(=O)(=O)C(C)C)CC1C. The van der Waals surface area contributed by atoms with E-state index < -0.39 is 10.0 Å². The number of sulfonamides is 1. The highest BCUT2D eigenvalue weighted by molar-refractivity contribution is 7.89. The van der Waals surface area contributed by atoms with E-state index in [-0.39, 0.29) is 11.3 Å². The highest BCUT2D eigenvalue weighted by atomic mass is 32.2. The molecule has 0 radical (unpaired) electrons. The summed E-state index contributed by atoms with van der Waals surface area (Å²) in [5, 5.41) is -0.356. The molecular formula is C16H27N3O2S. The van der Waals surface area contributed by atoms with Crippen molar-refractivity contribution < 1.29 is 8.42 Å². The third-order valence-corrected chi connectivity index (χ3v) is 6.67. The third-order valence-electron chi connectivity index (χ3n) is 4.42. The lowest BCUT2D eigenvalue weighted by atomic mass is 10.1. The van der Waals surface area contributed by atoms with E-state index in [9.17, 15) is 8.42 Å². The second kappa shape index (κ2) is 6.56. The quantitative estimate of drug-likeness (QED) is 0.858. The maximum atomic E-state index is 12.3. The van der Waals surface area contributed by atoms with Crippen LogP contribution in [0.15, 0.2) is 18.2 Å². The molecule has 1 saturated heterocycles. The van der Waals surface area contributed by atoms with Crippen molar-refractivity contribution in [3.05, 3.63) is 29.3 Å². The monoisotopic (exact) mass is 325 g/mol. The van der Waals surface area contributed by atoms with Crippen LogP contribution in [0.5, 0.6) is 0 Å². The fraction of sp³-hybridized carbons (Fsp3) is 0.625. The van der Waals surface area contributed by atoms with Crippen molar-refractivity contribution in [2.75, 3.05) is 25.4 Å². The molecule has 0 spiro atoms. The van der Waals surface area contributed by atoms with Crippen molar-refractivity contribution >= 4 is 15.7 Å². The summed E-state index contributed by atoms with van der Waals surface area (Å²) in [4.78, 5) is 2.34. The lowest BCUT2D eigenvalue weighted by molar-refractivity contribution is 0.121. The van der Waals surface area contributed by atoms with Gasteiger partial charge in [-0.15, -0.1) is 0 Å². The smallest absolute Gasteiger partial charge is 0.216 e. The first-order valence-electron chi connectivity index (χ1n) is 7.80. The van der Waals surface area contributed by atoms with Crippen molar-refractivity contribution in [2.45, 2.75) is 45.5 Å². The van der Waals surface area contributed by atoms with E-state index in [4.69, 9.17) is 5.73 Å². The van der Waals surface area contributed by atoms with Crippen LogP contribution in [0.1, 0.15) is 31.9 Å². The average molecular weight is 325 g/mol. The Morgan fingerprint density at radius 1 is 1.32 bits per heavy atom. The molecule has 1 aliphatic heterocycles. The van der Waals surface area contributed by atoms with E-state index in [0.29, 0.717) is 13.1 Å². The molecule has 2 rings (SSSR count). The fourth-order valence-corrected chi connectivity index (χ4v) is 4.20. The summed E-state index contributed by atoms with van der Waals surface area (Å²) < 4.78 is 26.2. The van der Waals surface area contributed by atoms with Gasteiger partial charge in [0.05, 0.1) is 5.25 Å². The Morgan fingerprint density at radius 3 is 2.55 bits per heavy atom. The fourth-order valence-electron chi connectivity index (χ4n) is 2.84. The molecule has 1 aromatic rings. The minimum absolute atomic E-state index is 0.208. The van der Waals surface area contributed by atoms with Crippen molar-refractivity contribution in [3.8, 4) is 0 Å². The van der Waals surface area contributed by atoms with Gasteiger partial charge in [0.1, 0.15) is 0 Å². The van der Waals surface area contributed by atoms with Gasteiger partial charge in [-0.2, -0.15) is 4.31 Å². The van der Waals surface area contributed by atoms with Crippen LogP contribution in [0.4, 0.5) is 5.69 Å². The van der Waals surface area contributed by atoms with Gasteiger partial charge in [0.25, 0.3) is 0 Å². The molecule has 124 valence electrons. The Bertz CT molecular complexity index is 628. The average Bonchev–Trinajstić information content (AvgIpc) is 2.43. The molecule has 2 N–H and O–H groups in total. The molecule has 22 heavy (non-hydrogen) atoms. The number of benzene rings is 1. The molecule has 1 aromatic carbocycles. The minimum atomic E-state index is -3.15. The number of nitrogens with two attached hydrogens (primary N) is 1. The minimum Gasteiger partial charge on any atom is -0.399 e. The van der Waals surface area contributed by atoms with Gasteiger partial charge in [-0.3, -0.25) is 4.90 Å². The first kappa shape index (κ1) is 17.2. The van der Waals surface area contributed by atoms with Crippen LogP contribution in [-0.4, -0.2) is 48.5 Å². The van der Waals surface area contributed by atoms with Gasteiger partial charge < -0.3 is 5.73 Å². The van der Waals surface area contributed by atoms with Crippen LogP contribution in [0.2, 0.25) is 0 Å². The van der Waals surface area contributed by atoms with Crippen LogP contribution in [0, 0.1) is 6.92 Å². The maximum absolute atomic E-state index is 12.3. The van der Waals surface area contributed by atoms with Crippen molar-refractivity contribution in [1.29, 1.82) is 0 Å². The molecule has 1 atom stereocenters. The topological polar surface area (TPSA) is 66.6 Å². The van der Waals surface area contributed by atoms with Crippen molar-refractivity contribution in [1.82, 2.24) is 9.21 Å². The maximum Gasteiger partial charge on any atom is 0.216 e. The molecule has 1 fully saturated rings. The lowest BCUT2D eigenvalue weighted by Gasteiger charge is -2.40. The molecule has 0 saturated carbocycles. The van der Waals surface area contributed by atoms with Crippen molar-refractivity contribution in [2.24, 2.45) is 0 Å². The first-order chi connectivity index (χ1) is 10.2. The summed E-state index contributed by atoms with van der Waals surface area (Å²) in [5.41, 5.74) is 9.01. The molecule has 1 unspecified atom stereocenters. The second-order valence-electron chi connectivity index (χ2n) is 6.46. The van der Waals surface area contributed by atoms with Gasteiger partial charge in [0.15, 0.2) is 0 Å². The zero-order chi connectivity index (χ0) is 16.5. The normalized spacial score (nSPS) is 21.4. The molecule has 1 heterocycles. The Hall–Kier alpha value is -1.11. The second-order valence-corrected chi connectivity index (χ2v) is 8.95. The number of rotatable bonds is 4.